The van der Waals surface area contributed by atoms with Crippen molar-refractivity contribution in [3.63, 3.8) is 0 Å². The highest BCUT2D eigenvalue weighted by Gasteiger charge is 2.18. The van der Waals surface area contributed by atoms with E-state index in [1.165, 1.54) is 13.2 Å². The highest BCUT2D eigenvalue weighted by atomic mass is 16.5. The van der Waals surface area contributed by atoms with Gasteiger partial charge in [0.15, 0.2) is 0 Å². The largest absolute Gasteiger partial charge is 0.496 e. The maximum Gasteiger partial charge on any atom is 0.339 e. The minimum atomic E-state index is -1.14. The summed E-state index contributed by atoms with van der Waals surface area (Å²) in [7, 11) is 5.34. The van der Waals surface area contributed by atoms with Crippen LogP contribution in [0, 0.1) is 6.92 Å². The van der Waals surface area contributed by atoms with Crippen molar-refractivity contribution in [1.29, 1.82) is 0 Å². The average Bonchev–Trinajstić information content (AvgIpc) is 2.53. The van der Waals surface area contributed by atoms with Gasteiger partial charge in [0.1, 0.15) is 11.3 Å². The smallest absolute Gasteiger partial charge is 0.339 e. The summed E-state index contributed by atoms with van der Waals surface area (Å²) < 4.78 is 5.08. The van der Waals surface area contributed by atoms with E-state index in [0.29, 0.717) is 16.8 Å². The van der Waals surface area contributed by atoms with E-state index in [9.17, 15) is 14.7 Å². The van der Waals surface area contributed by atoms with Crippen LogP contribution in [-0.2, 0) is 6.54 Å². The summed E-state index contributed by atoms with van der Waals surface area (Å²) in [5, 5.41) is 12.1. The quantitative estimate of drug-likeness (QED) is 0.844. The molecule has 0 saturated carbocycles. The first-order chi connectivity index (χ1) is 11.8. The summed E-state index contributed by atoms with van der Waals surface area (Å²) in [6.45, 7) is 2.50. The molecular weight excluding hydrogens is 320 g/mol. The van der Waals surface area contributed by atoms with Crippen LogP contribution < -0.4 is 10.1 Å². The van der Waals surface area contributed by atoms with Crippen LogP contribution in [0.4, 0.5) is 5.69 Å². The van der Waals surface area contributed by atoms with Crippen molar-refractivity contribution in [3.8, 4) is 5.75 Å². The lowest BCUT2D eigenvalue weighted by Gasteiger charge is -2.13. The Morgan fingerprint density at radius 1 is 1.16 bits per heavy atom. The lowest BCUT2D eigenvalue weighted by atomic mass is 10.0. The van der Waals surface area contributed by atoms with Gasteiger partial charge in [-0.15, -0.1) is 0 Å². The third-order valence-corrected chi connectivity index (χ3v) is 3.71. The fraction of sp³-hybridized carbons (Fsp3) is 0.263. The van der Waals surface area contributed by atoms with Gasteiger partial charge in [-0.05, 0) is 56.4 Å². The summed E-state index contributed by atoms with van der Waals surface area (Å²) in [4.78, 5) is 26.0. The van der Waals surface area contributed by atoms with Gasteiger partial charge in [-0.25, -0.2) is 4.79 Å². The maximum absolute atomic E-state index is 12.6. The minimum Gasteiger partial charge on any atom is -0.496 e. The number of hydrogen-bond acceptors (Lipinski definition) is 4. The van der Waals surface area contributed by atoms with Crippen LogP contribution in [0.5, 0.6) is 5.75 Å². The highest BCUT2D eigenvalue weighted by molar-refractivity contribution is 6.07. The summed E-state index contributed by atoms with van der Waals surface area (Å²) in [5.74, 6) is -1.27. The molecule has 2 aromatic carbocycles. The number of nitrogens with zero attached hydrogens (tertiary/aromatic N) is 1. The molecule has 0 radical (unpaired) electrons. The van der Waals surface area contributed by atoms with Gasteiger partial charge >= 0.3 is 5.97 Å². The molecule has 0 heterocycles. The molecule has 0 aromatic heterocycles. The van der Waals surface area contributed by atoms with Gasteiger partial charge in [-0.3, -0.25) is 4.79 Å². The molecule has 6 heteroatoms. The van der Waals surface area contributed by atoms with Crippen molar-refractivity contribution < 1.29 is 19.4 Å². The van der Waals surface area contributed by atoms with Crippen molar-refractivity contribution in [2.75, 3.05) is 26.5 Å². The van der Waals surface area contributed by atoms with Crippen LogP contribution in [0.15, 0.2) is 36.4 Å². The third-order valence-electron chi connectivity index (χ3n) is 3.71. The number of aromatic carboxylic acids is 1. The second-order valence-electron chi connectivity index (χ2n) is 6.06. The Balaban J connectivity index is 2.29. The number of benzene rings is 2. The van der Waals surface area contributed by atoms with Crippen LogP contribution in [-0.4, -0.2) is 43.1 Å². The zero-order valence-electron chi connectivity index (χ0n) is 14.8. The Morgan fingerprint density at radius 3 is 2.48 bits per heavy atom. The first-order valence-electron chi connectivity index (χ1n) is 7.78. The standard InChI is InChI=1S/C19H22N2O4/c1-12-8-17(25-4)16(19(23)24)10-15(12)18(22)20-14-7-5-6-13(9-14)11-21(2)3/h5-10H,11H2,1-4H3,(H,20,22)(H,23,24). The number of anilines is 1. The molecular formula is C19H22N2O4. The molecule has 2 N–H and O–H groups in total. The molecule has 6 nitrogen and oxygen atoms in total. The van der Waals surface area contributed by atoms with Gasteiger partial charge < -0.3 is 20.1 Å². The molecule has 1 amide bonds. The van der Waals surface area contributed by atoms with Gasteiger partial charge in [-0.1, -0.05) is 12.1 Å². The van der Waals surface area contributed by atoms with E-state index in [1.807, 2.05) is 37.2 Å². The summed E-state index contributed by atoms with van der Waals surface area (Å²) >= 11 is 0. The average molecular weight is 342 g/mol. The summed E-state index contributed by atoms with van der Waals surface area (Å²) in [6.07, 6.45) is 0. The monoisotopic (exact) mass is 342 g/mol. The van der Waals surface area contributed by atoms with Crippen LogP contribution in [0.1, 0.15) is 31.8 Å². The minimum absolute atomic E-state index is 0.0420. The van der Waals surface area contributed by atoms with Gasteiger partial charge in [0.25, 0.3) is 5.91 Å². The summed E-state index contributed by atoms with van der Waals surface area (Å²) in [6, 6.07) is 10.5. The Labute approximate surface area is 147 Å². The number of amides is 1. The number of hydrogen-bond donors (Lipinski definition) is 2. The van der Waals surface area contributed by atoms with E-state index >= 15 is 0 Å². The highest BCUT2D eigenvalue weighted by Crippen LogP contribution is 2.24. The SMILES string of the molecule is COc1cc(C)c(C(=O)Nc2cccc(CN(C)C)c2)cc1C(=O)O. The maximum atomic E-state index is 12.6. The van der Waals surface area contributed by atoms with E-state index in [1.54, 1.807) is 19.1 Å². The Kier molecular flexibility index (Phi) is 5.77. The Bertz CT molecular complexity index is 800. The fourth-order valence-corrected chi connectivity index (χ4v) is 2.57. The van der Waals surface area contributed by atoms with E-state index < -0.39 is 5.97 Å². The number of carboxylic acids is 1. The van der Waals surface area contributed by atoms with E-state index in [4.69, 9.17) is 4.74 Å². The Morgan fingerprint density at radius 2 is 1.88 bits per heavy atom. The number of carbonyl (C=O) groups excluding carboxylic acids is 1. The van der Waals surface area contributed by atoms with Crippen LogP contribution in [0.2, 0.25) is 0 Å². The molecule has 132 valence electrons. The van der Waals surface area contributed by atoms with Crippen LogP contribution >= 0.6 is 0 Å². The molecule has 0 atom stereocenters. The van der Waals surface area contributed by atoms with Gasteiger partial charge in [0.2, 0.25) is 0 Å². The normalized spacial score (nSPS) is 10.6. The number of carboxylic acid groups (broad SMARTS) is 1. The fourth-order valence-electron chi connectivity index (χ4n) is 2.57. The number of methoxy groups -OCH3 is 1. The number of ether oxygens (including phenoxy) is 1. The molecule has 0 spiro atoms. The predicted molar refractivity (Wildman–Crippen MR) is 96.5 cm³/mol. The molecule has 0 aliphatic carbocycles. The molecule has 0 fully saturated rings. The van der Waals surface area contributed by atoms with Gasteiger partial charge in [-0.2, -0.15) is 0 Å². The molecule has 0 unspecified atom stereocenters. The number of aryl methyl sites for hydroxylation is 1. The van der Waals surface area contributed by atoms with Crippen molar-refractivity contribution in [2.24, 2.45) is 0 Å². The first kappa shape index (κ1) is 18.5. The first-order valence-corrected chi connectivity index (χ1v) is 7.78. The van der Waals surface area contributed by atoms with E-state index in [0.717, 1.165) is 12.1 Å². The molecule has 0 aliphatic heterocycles. The lowest BCUT2D eigenvalue weighted by Crippen LogP contribution is -2.16. The van der Waals surface area contributed by atoms with E-state index in [2.05, 4.69) is 5.32 Å². The predicted octanol–water partition coefficient (Wildman–Crippen LogP) is 3.02. The van der Waals surface area contributed by atoms with Gasteiger partial charge in [0.05, 0.1) is 7.11 Å². The second-order valence-corrected chi connectivity index (χ2v) is 6.06. The topological polar surface area (TPSA) is 78.9 Å². The van der Waals surface area contributed by atoms with Crippen molar-refractivity contribution in [2.45, 2.75) is 13.5 Å². The zero-order chi connectivity index (χ0) is 18.6. The number of carbonyl (C=O) groups is 2. The Hall–Kier alpha value is -2.86. The van der Waals surface area contributed by atoms with Crippen molar-refractivity contribution in [1.82, 2.24) is 4.90 Å². The van der Waals surface area contributed by atoms with Crippen LogP contribution in [0.3, 0.4) is 0 Å². The molecule has 0 saturated heterocycles. The molecule has 0 aliphatic rings. The second kappa shape index (κ2) is 7.81. The van der Waals surface area contributed by atoms with Crippen LogP contribution in [0.25, 0.3) is 0 Å². The van der Waals surface area contributed by atoms with E-state index in [-0.39, 0.29) is 17.2 Å². The van der Waals surface area contributed by atoms with Crippen molar-refractivity contribution in [3.05, 3.63) is 58.7 Å². The molecule has 25 heavy (non-hydrogen) atoms. The lowest BCUT2D eigenvalue weighted by molar-refractivity contribution is 0.0693. The van der Waals surface area contributed by atoms with Crippen molar-refractivity contribution >= 4 is 17.6 Å². The number of rotatable bonds is 6. The molecule has 0 bridgehead atoms. The zero-order valence-corrected chi connectivity index (χ0v) is 14.8. The van der Waals surface area contributed by atoms with Gasteiger partial charge in [0, 0.05) is 17.8 Å². The molecule has 2 rings (SSSR count). The number of nitrogens with one attached hydrogen (secondary N) is 1. The summed E-state index contributed by atoms with van der Waals surface area (Å²) in [5.41, 5.74) is 2.64. The molecule has 2 aromatic rings. The third kappa shape index (κ3) is 4.58.